The van der Waals surface area contributed by atoms with Gasteiger partial charge in [-0.25, -0.2) is 14.4 Å². The van der Waals surface area contributed by atoms with Crippen molar-refractivity contribution >= 4 is 69.3 Å². The smallest absolute Gasteiger partial charge is 0.308 e. The first-order chi connectivity index (χ1) is 38.2. The van der Waals surface area contributed by atoms with Gasteiger partial charge in [-0.05, 0) is 124 Å². The Labute approximate surface area is 468 Å². The molecule has 408 valence electrons. The summed E-state index contributed by atoms with van der Waals surface area (Å²) in [6.45, 7) is 18.4. The molecule has 6 amide bonds. The molecular weight excluding hydrogens is 1030 g/mol. The number of carbonyl (C=O) groups is 3. The summed E-state index contributed by atoms with van der Waals surface area (Å²) >= 11 is 0. The molecule has 0 aromatic heterocycles. The second kappa shape index (κ2) is 24.3. The molecule has 0 unspecified atom stereocenters. The topological polar surface area (TPSA) is 253 Å². The lowest BCUT2D eigenvalue weighted by molar-refractivity contribution is -0.385. The lowest BCUT2D eigenvalue weighted by Crippen LogP contribution is -2.20. The third kappa shape index (κ3) is 16.1. The number of nitrogens with zero attached hydrogens (tertiary/aromatic N) is 3. The molecule has 7 aromatic carbocycles. The van der Waals surface area contributed by atoms with Crippen LogP contribution >= 0.6 is 0 Å². The SMILES string of the molecule is CC(C)(C)c1ccc(NC(=O)Nc2ccc([N+](=O)[O-])cc2)c(C#Cc2cc(C#Cc3cc(C(C)(C)C)ccc3NC(=O)Nc3ccc([N+](=O)[O-])cc3)cc(C#Cc3cc(C(C)(C)C)ccc3NC(=O)Nc3ccc([N+](=O)[O-])cc3)c2)c1. The molecule has 81 heavy (non-hydrogen) atoms. The number of nitro benzene ring substituents is 3. The Bertz CT molecular complexity index is 3410. The van der Waals surface area contributed by atoms with Gasteiger partial charge in [0.2, 0.25) is 0 Å². The second-order valence-corrected chi connectivity index (χ2v) is 21.7. The second-order valence-electron chi connectivity index (χ2n) is 21.7. The molecule has 0 spiro atoms. The first-order valence-corrected chi connectivity index (χ1v) is 25.3. The van der Waals surface area contributed by atoms with Crippen LogP contribution in [-0.2, 0) is 16.2 Å². The van der Waals surface area contributed by atoms with E-state index in [4.69, 9.17) is 0 Å². The van der Waals surface area contributed by atoms with E-state index in [9.17, 15) is 44.7 Å². The Morgan fingerprint density at radius 3 is 0.778 bits per heavy atom. The molecule has 7 aromatic rings. The molecule has 6 N–H and O–H groups in total. The molecule has 0 saturated heterocycles. The van der Waals surface area contributed by atoms with Gasteiger partial charge in [-0.1, -0.05) is 116 Å². The fourth-order valence-electron chi connectivity index (χ4n) is 7.79. The summed E-state index contributed by atoms with van der Waals surface area (Å²) in [6, 6.07) is 36.4. The largest absolute Gasteiger partial charge is 0.323 e. The summed E-state index contributed by atoms with van der Waals surface area (Å²) in [5, 5.41) is 50.4. The van der Waals surface area contributed by atoms with Crippen LogP contribution in [0.2, 0.25) is 0 Å². The maximum Gasteiger partial charge on any atom is 0.323 e. The van der Waals surface area contributed by atoms with Crippen LogP contribution in [-0.4, -0.2) is 32.9 Å². The highest BCUT2D eigenvalue weighted by Crippen LogP contribution is 2.31. The first-order valence-electron chi connectivity index (χ1n) is 25.3. The minimum absolute atomic E-state index is 0.126. The maximum absolute atomic E-state index is 13.4. The van der Waals surface area contributed by atoms with Gasteiger partial charge >= 0.3 is 18.1 Å². The predicted molar refractivity (Wildman–Crippen MR) is 317 cm³/mol. The van der Waals surface area contributed by atoms with E-state index < -0.39 is 32.9 Å². The van der Waals surface area contributed by atoms with Crippen molar-refractivity contribution in [2.24, 2.45) is 0 Å². The van der Waals surface area contributed by atoms with E-state index >= 15 is 0 Å². The van der Waals surface area contributed by atoms with Crippen LogP contribution in [0.15, 0.2) is 146 Å². The van der Waals surface area contributed by atoms with Gasteiger partial charge in [0, 0.05) is 86.8 Å². The fraction of sp³-hybridized carbons (Fsp3) is 0.190. The summed E-state index contributed by atoms with van der Waals surface area (Å²) in [7, 11) is 0. The molecule has 0 aliphatic rings. The summed E-state index contributed by atoms with van der Waals surface area (Å²) < 4.78 is 0. The number of benzene rings is 7. The van der Waals surface area contributed by atoms with Crippen molar-refractivity contribution in [1.82, 2.24) is 0 Å². The van der Waals surface area contributed by atoms with Gasteiger partial charge < -0.3 is 31.9 Å². The third-order valence-electron chi connectivity index (χ3n) is 12.4. The summed E-state index contributed by atoms with van der Waals surface area (Å²) in [6.07, 6.45) is 0. The molecule has 18 heteroatoms. The van der Waals surface area contributed by atoms with Crippen molar-refractivity contribution in [2.45, 2.75) is 78.6 Å². The lowest BCUT2D eigenvalue weighted by atomic mass is 9.86. The van der Waals surface area contributed by atoms with Crippen LogP contribution in [0.1, 0.15) is 112 Å². The number of amides is 6. The molecule has 0 fully saturated rings. The van der Waals surface area contributed by atoms with Gasteiger partial charge in [-0.2, -0.15) is 0 Å². The molecule has 0 saturated carbocycles. The van der Waals surface area contributed by atoms with Crippen LogP contribution in [0.4, 0.5) is 65.6 Å². The number of nitrogens with one attached hydrogen (secondary N) is 6. The van der Waals surface area contributed by atoms with Crippen LogP contribution in [0, 0.1) is 65.9 Å². The van der Waals surface area contributed by atoms with Crippen molar-refractivity contribution in [3.05, 3.63) is 226 Å². The number of carbonyl (C=O) groups excluding carboxylic acids is 3. The van der Waals surface area contributed by atoms with Crippen LogP contribution in [0.25, 0.3) is 0 Å². The van der Waals surface area contributed by atoms with E-state index in [1.165, 1.54) is 72.8 Å². The van der Waals surface area contributed by atoms with E-state index in [1.807, 2.05) is 98.7 Å². The van der Waals surface area contributed by atoms with Gasteiger partial charge in [-0.15, -0.1) is 0 Å². The summed E-state index contributed by atoms with van der Waals surface area (Å²) in [4.78, 5) is 72.3. The highest BCUT2D eigenvalue weighted by atomic mass is 16.6. The number of nitro groups is 3. The van der Waals surface area contributed by atoms with Crippen LogP contribution in [0.3, 0.4) is 0 Å². The fourth-order valence-corrected chi connectivity index (χ4v) is 7.79. The molecule has 0 aliphatic heterocycles. The molecule has 18 nitrogen and oxygen atoms in total. The Balaban J connectivity index is 1.31. The van der Waals surface area contributed by atoms with Gasteiger partial charge in [0.05, 0.1) is 31.8 Å². The number of hydrogen-bond acceptors (Lipinski definition) is 9. The van der Waals surface area contributed by atoms with Gasteiger partial charge in [0.1, 0.15) is 0 Å². The minimum atomic E-state index is -0.605. The highest BCUT2D eigenvalue weighted by Gasteiger charge is 2.20. The zero-order valence-electron chi connectivity index (χ0n) is 45.9. The van der Waals surface area contributed by atoms with E-state index in [-0.39, 0.29) is 33.3 Å². The molecular formula is C63H57N9O9. The molecule has 0 aliphatic carbocycles. The number of hydrogen-bond donors (Lipinski definition) is 6. The quantitative estimate of drug-likeness (QED) is 0.0456. The minimum Gasteiger partial charge on any atom is -0.308 e. The Hall–Kier alpha value is -10.8. The van der Waals surface area contributed by atoms with Crippen molar-refractivity contribution in [3.8, 4) is 35.5 Å². The zero-order chi connectivity index (χ0) is 58.8. The number of anilines is 6. The van der Waals surface area contributed by atoms with Gasteiger partial charge in [-0.3, -0.25) is 30.3 Å². The zero-order valence-corrected chi connectivity index (χ0v) is 45.9. The number of rotatable bonds is 9. The van der Waals surface area contributed by atoms with E-state index in [1.54, 1.807) is 36.4 Å². The van der Waals surface area contributed by atoms with Crippen LogP contribution < -0.4 is 31.9 Å². The van der Waals surface area contributed by atoms with Crippen molar-refractivity contribution in [3.63, 3.8) is 0 Å². The summed E-state index contributed by atoms with van der Waals surface area (Å²) in [5.74, 6) is 19.6. The Kier molecular flexibility index (Phi) is 17.4. The standard InChI is InChI=1S/C63H57N9O9/c1-61(2,3)46-16-31-55(67-58(73)64-49-19-25-52(26-20-49)70(76)77)43(37-46)13-10-40-34-41(11-14-44-38-47(62(4,5)6)17-32-56(44)68-59(74)65-50-21-27-53(28-22-50)71(78)79)36-42(35-40)12-15-45-39-48(63(7,8)9)18-33-57(45)69-60(75)66-51-23-29-54(30-24-51)72(80)81/h16-39H,1-9H3,(H2,64,67,73)(H2,65,68,74)(H2,66,69,75). The van der Waals surface area contributed by atoms with E-state index in [0.717, 1.165) is 16.7 Å². The molecule has 7 rings (SSSR count). The maximum atomic E-state index is 13.4. The van der Waals surface area contributed by atoms with E-state index in [2.05, 4.69) is 67.4 Å². The Morgan fingerprint density at radius 2 is 0.568 bits per heavy atom. The van der Waals surface area contributed by atoms with Gasteiger partial charge in [0.15, 0.2) is 0 Å². The molecule has 0 atom stereocenters. The average molecular weight is 1080 g/mol. The number of non-ortho nitro benzene ring substituents is 3. The molecule has 0 heterocycles. The average Bonchev–Trinajstić information content (AvgIpc) is 3.41. The molecule has 0 radical (unpaired) electrons. The molecule has 0 bridgehead atoms. The van der Waals surface area contributed by atoms with Crippen molar-refractivity contribution < 1.29 is 29.2 Å². The lowest BCUT2D eigenvalue weighted by Gasteiger charge is -2.20. The summed E-state index contributed by atoms with van der Waals surface area (Å²) in [5.41, 5.74) is 6.59. The van der Waals surface area contributed by atoms with Crippen molar-refractivity contribution in [2.75, 3.05) is 31.9 Å². The van der Waals surface area contributed by atoms with Crippen molar-refractivity contribution in [1.29, 1.82) is 0 Å². The van der Waals surface area contributed by atoms with E-state index in [0.29, 0.717) is 67.5 Å². The normalized spacial score (nSPS) is 10.9. The Morgan fingerprint density at radius 1 is 0.333 bits per heavy atom. The monoisotopic (exact) mass is 1080 g/mol. The third-order valence-corrected chi connectivity index (χ3v) is 12.4. The highest BCUT2D eigenvalue weighted by molar-refractivity contribution is 6.02. The first kappa shape index (κ1) is 57.9. The predicted octanol–water partition coefficient (Wildman–Crippen LogP) is 14.4. The van der Waals surface area contributed by atoms with Gasteiger partial charge in [0.25, 0.3) is 17.1 Å². The number of urea groups is 3. The van der Waals surface area contributed by atoms with Crippen LogP contribution in [0.5, 0.6) is 0 Å².